The minimum absolute atomic E-state index is 0.244. The Balaban J connectivity index is 1.68. The number of amides is 1. The quantitative estimate of drug-likeness (QED) is 0.707. The van der Waals surface area contributed by atoms with Crippen LogP contribution in [0.15, 0.2) is 48.1 Å². The summed E-state index contributed by atoms with van der Waals surface area (Å²) in [6, 6.07) is 10.0. The third-order valence-corrected chi connectivity index (χ3v) is 4.27. The lowest BCUT2D eigenvalue weighted by Crippen LogP contribution is -2.05. The fourth-order valence-corrected chi connectivity index (χ4v) is 3.12. The monoisotopic (exact) mass is 311 g/mol. The molecule has 0 spiro atoms. The summed E-state index contributed by atoms with van der Waals surface area (Å²) in [6.45, 7) is 0. The number of halogens is 1. The molecule has 0 saturated heterocycles. The van der Waals surface area contributed by atoms with E-state index in [9.17, 15) is 9.18 Å². The molecule has 1 amide bonds. The minimum Gasteiger partial charge on any atom is -0.361 e. The van der Waals surface area contributed by atoms with Crippen LogP contribution >= 0.6 is 11.3 Å². The van der Waals surface area contributed by atoms with Crippen molar-refractivity contribution in [3.63, 3.8) is 0 Å². The first kappa shape index (κ1) is 13.0. The van der Waals surface area contributed by atoms with Crippen molar-refractivity contribution in [2.45, 2.75) is 0 Å². The van der Waals surface area contributed by atoms with Gasteiger partial charge in [0.1, 0.15) is 5.82 Å². The molecule has 1 aliphatic heterocycles. The molecular formula is C16H10FN3OS. The molecule has 0 unspecified atom stereocenters. The fraction of sp³-hybridized carbons (Fsp3) is 0. The summed E-state index contributed by atoms with van der Waals surface area (Å²) in [7, 11) is 0. The number of nitrogens with one attached hydrogen (secondary N) is 2. The normalized spacial score (nSPS) is 15.1. The van der Waals surface area contributed by atoms with Crippen LogP contribution in [0.1, 0.15) is 5.56 Å². The van der Waals surface area contributed by atoms with Gasteiger partial charge in [0.2, 0.25) is 0 Å². The number of anilines is 2. The molecule has 2 heterocycles. The molecule has 0 saturated carbocycles. The summed E-state index contributed by atoms with van der Waals surface area (Å²) < 4.78 is 14.4. The van der Waals surface area contributed by atoms with Crippen molar-refractivity contribution in [2.75, 3.05) is 10.6 Å². The second kappa shape index (κ2) is 4.92. The van der Waals surface area contributed by atoms with Gasteiger partial charge in [-0.25, -0.2) is 9.37 Å². The number of benzene rings is 2. The van der Waals surface area contributed by atoms with Crippen molar-refractivity contribution in [3.05, 3.63) is 59.5 Å². The fourth-order valence-electron chi connectivity index (χ4n) is 2.40. The molecule has 2 N–H and O–H groups in total. The first-order valence-corrected chi connectivity index (χ1v) is 7.50. The van der Waals surface area contributed by atoms with Gasteiger partial charge in [0.25, 0.3) is 5.91 Å². The number of nitrogens with zero attached hydrogens (tertiary/aromatic N) is 1. The molecule has 22 heavy (non-hydrogen) atoms. The Labute approximate surface area is 129 Å². The number of carbonyl (C=O) groups excluding carboxylic acids is 1. The van der Waals surface area contributed by atoms with E-state index in [2.05, 4.69) is 15.6 Å². The molecule has 6 heteroatoms. The zero-order chi connectivity index (χ0) is 15.1. The molecule has 1 aliphatic rings. The molecule has 0 aliphatic carbocycles. The van der Waals surface area contributed by atoms with Crippen molar-refractivity contribution in [1.82, 2.24) is 4.98 Å². The van der Waals surface area contributed by atoms with Gasteiger partial charge in [-0.3, -0.25) is 4.79 Å². The molecule has 0 atom stereocenters. The largest absolute Gasteiger partial charge is 0.361 e. The van der Waals surface area contributed by atoms with E-state index < -0.39 is 0 Å². The van der Waals surface area contributed by atoms with E-state index in [-0.39, 0.29) is 11.7 Å². The Morgan fingerprint density at radius 1 is 1.23 bits per heavy atom. The average molecular weight is 311 g/mol. The van der Waals surface area contributed by atoms with Gasteiger partial charge in [0.05, 0.1) is 21.3 Å². The van der Waals surface area contributed by atoms with Crippen LogP contribution in [0.25, 0.3) is 15.8 Å². The summed E-state index contributed by atoms with van der Waals surface area (Å²) in [5.74, 6) is -0.612. The van der Waals surface area contributed by atoms with Crippen LogP contribution in [0.4, 0.5) is 15.8 Å². The van der Waals surface area contributed by atoms with Gasteiger partial charge in [-0.15, -0.1) is 11.3 Å². The van der Waals surface area contributed by atoms with Crippen molar-refractivity contribution in [1.29, 1.82) is 0 Å². The van der Waals surface area contributed by atoms with E-state index >= 15 is 0 Å². The van der Waals surface area contributed by atoms with E-state index in [1.807, 2.05) is 18.2 Å². The van der Waals surface area contributed by atoms with Crippen LogP contribution in [0.5, 0.6) is 0 Å². The maximum Gasteiger partial charge on any atom is 0.257 e. The Morgan fingerprint density at radius 2 is 2.14 bits per heavy atom. The van der Waals surface area contributed by atoms with Gasteiger partial charge >= 0.3 is 0 Å². The summed E-state index contributed by atoms with van der Waals surface area (Å²) in [4.78, 5) is 16.2. The second-order valence-electron chi connectivity index (χ2n) is 4.88. The predicted octanol–water partition coefficient (Wildman–Crippen LogP) is 3.84. The lowest BCUT2D eigenvalue weighted by atomic mass is 10.1. The Morgan fingerprint density at radius 3 is 3.05 bits per heavy atom. The Hall–Kier alpha value is -2.73. The lowest BCUT2D eigenvalue weighted by molar-refractivity contribution is -0.110. The van der Waals surface area contributed by atoms with Crippen LogP contribution in [0.2, 0.25) is 0 Å². The highest BCUT2D eigenvalue weighted by atomic mass is 32.1. The maximum absolute atomic E-state index is 13.4. The number of thiazole rings is 1. The number of rotatable bonds is 2. The third kappa shape index (κ3) is 2.14. The Kier molecular flexibility index (Phi) is 2.90. The number of aromatic nitrogens is 1. The third-order valence-electron chi connectivity index (χ3n) is 3.48. The molecule has 1 aromatic heterocycles. The van der Waals surface area contributed by atoms with E-state index in [0.29, 0.717) is 16.8 Å². The second-order valence-corrected chi connectivity index (χ2v) is 5.77. The predicted molar refractivity (Wildman–Crippen MR) is 86.2 cm³/mol. The maximum atomic E-state index is 13.4. The molecule has 108 valence electrons. The molecule has 0 radical (unpaired) electrons. The molecule has 3 aromatic rings. The van der Waals surface area contributed by atoms with Crippen molar-refractivity contribution in [2.24, 2.45) is 0 Å². The van der Waals surface area contributed by atoms with Crippen molar-refractivity contribution < 1.29 is 9.18 Å². The standard InChI is InChI=1S/C16H10FN3OS/c17-9-1-3-13-11(5-9)12(16(21)20-13)7-18-10-2-4-14-15(6-10)22-8-19-14/h1-8,18H,(H,20,21)/b12-7+. The average Bonchev–Trinajstić information content (AvgIpc) is 3.08. The zero-order valence-corrected chi connectivity index (χ0v) is 12.1. The number of carbonyl (C=O) groups is 1. The van der Waals surface area contributed by atoms with Gasteiger partial charge in [0.15, 0.2) is 0 Å². The first-order chi connectivity index (χ1) is 10.7. The molecule has 4 rings (SSSR count). The highest BCUT2D eigenvalue weighted by molar-refractivity contribution is 7.16. The van der Waals surface area contributed by atoms with Gasteiger partial charge in [-0.1, -0.05) is 0 Å². The van der Waals surface area contributed by atoms with Gasteiger partial charge in [-0.05, 0) is 36.4 Å². The highest BCUT2D eigenvalue weighted by Gasteiger charge is 2.24. The summed E-state index contributed by atoms with van der Waals surface area (Å²) in [5, 5.41) is 5.81. The van der Waals surface area contributed by atoms with E-state index in [4.69, 9.17) is 0 Å². The molecular weight excluding hydrogens is 301 g/mol. The Bertz CT molecular complexity index is 932. The smallest absolute Gasteiger partial charge is 0.257 e. The van der Waals surface area contributed by atoms with Crippen LogP contribution in [-0.4, -0.2) is 10.9 Å². The van der Waals surface area contributed by atoms with Crippen molar-refractivity contribution >= 4 is 44.4 Å². The SMILES string of the molecule is O=C1Nc2ccc(F)cc2/C1=C\Nc1ccc2ncsc2c1. The van der Waals surface area contributed by atoms with Crippen molar-refractivity contribution in [3.8, 4) is 0 Å². The molecule has 2 aromatic carbocycles. The van der Waals surface area contributed by atoms with E-state index in [1.54, 1.807) is 29.1 Å². The van der Waals surface area contributed by atoms with Crippen LogP contribution in [0, 0.1) is 5.82 Å². The molecule has 0 fully saturated rings. The van der Waals surface area contributed by atoms with Crippen LogP contribution in [-0.2, 0) is 4.79 Å². The molecule has 4 nitrogen and oxygen atoms in total. The summed E-state index contributed by atoms with van der Waals surface area (Å²) >= 11 is 1.55. The molecule has 0 bridgehead atoms. The summed E-state index contributed by atoms with van der Waals surface area (Å²) in [6.07, 6.45) is 1.60. The summed E-state index contributed by atoms with van der Waals surface area (Å²) in [5.41, 5.74) is 5.18. The highest BCUT2D eigenvalue weighted by Crippen LogP contribution is 2.32. The zero-order valence-electron chi connectivity index (χ0n) is 11.3. The minimum atomic E-state index is -0.368. The number of fused-ring (bicyclic) bond motifs is 2. The first-order valence-electron chi connectivity index (χ1n) is 6.62. The van der Waals surface area contributed by atoms with Crippen LogP contribution < -0.4 is 10.6 Å². The topological polar surface area (TPSA) is 54.0 Å². The number of hydrogen-bond donors (Lipinski definition) is 2. The van der Waals surface area contributed by atoms with Crippen LogP contribution in [0.3, 0.4) is 0 Å². The van der Waals surface area contributed by atoms with Gasteiger partial charge in [-0.2, -0.15) is 0 Å². The van der Waals surface area contributed by atoms with Gasteiger partial charge in [0, 0.05) is 23.1 Å². The lowest BCUT2D eigenvalue weighted by Gasteiger charge is -2.03. The van der Waals surface area contributed by atoms with E-state index in [1.165, 1.54) is 12.1 Å². The van der Waals surface area contributed by atoms with Gasteiger partial charge < -0.3 is 10.6 Å². The number of hydrogen-bond acceptors (Lipinski definition) is 4. The van der Waals surface area contributed by atoms with E-state index in [0.717, 1.165) is 15.9 Å².